The maximum absolute atomic E-state index is 12.7. The van der Waals surface area contributed by atoms with Gasteiger partial charge in [0.25, 0.3) is 0 Å². The summed E-state index contributed by atoms with van der Waals surface area (Å²) in [6.45, 7) is 0. The lowest BCUT2D eigenvalue weighted by Gasteiger charge is -2.29. The van der Waals surface area contributed by atoms with Gasteiger partial charge >= 0.3 is 12.1 Å². The molecule has 6 nitrogen and oxygen atoms in total. The number of hydrogen-bond acceptors (Lipinski definition) is 2. The van der Waals surface area contributed by atoms with Crippen molar-refractivity contribution in [2.75, 3.05) is 5.32 Å². The molecule has 0 bridgehead atoms. The Balaban J connectivity index is 1.91. The summed E-state index contributed by atoms with van der Waals surface area (Å²) >= 11 is 0. The number of para-hydroxylation sites is 1. The zero-order chi connectivity index (χ0) is 19.8. The minimum absolute atomic E-state index is 0.382. The van der Waals surface area contributed by atoms with Crippen molar-refractivity contribution in [3.8, 4) is 0 Å². The van der Waals surface area contributed by atoms with Gasteiger partial charge in [-0.2, -0.15) is 0 Å². The molecular formula is C22H22N4O2. The molecule has 0 aliphatic carbocycles. The van der Waals surface area contributed by atoms with Crippen molar-refractivity contribution in [2.24, 2.45) is 5.73 Å². The minimum Gasteiger partial charge on any atom is -0.352 e. The van der Waals surface area contributed by atoms with E-state index in [1.807, 2.05) is 78.9 Å². The van der Waals surface area contributed by atoms with Crippen molar-refractivity contribution in [2.45, 2.75) is 12.1 Å². The first-order valence-electron chi connectivity index (χ1n) is 8.92. The Labute approximate surface area is 163 Å². The molecule has 3 aromatic rings. The molecule has 0 aliphatic heterocycles. The van der Waals surface area contributed by atoms with Crippen LogP contribution in [0.15, 0.2) is 91.0 Å². The first-order valence-corrected chi connectivity index (χ1v) is 8.92. The van der Waals surface area contributed by atoms with Crippen molar-refractivity contribution in [3.63, 3.8) is 0 Å². The lowest BCUT2D eigenvalue weighted by Crippen LogP contribution is -2.43. The molecule has 0 heterocycles. The Morgan fingerprint density at radius 2 is 1.07 bits per heavy atom. The van der Waals surface area contributed by atoms with Gasteiger partial charge < -0.3 is 21.7 Å². The van der Waals surface area contributed by atoms with E-state index in [0.717, 1.165) is 11.1 Å². The molecule has 0 radical (unpaired) electrons. The van der Waals surface area contributed by atoms with E-state index < -0.39 is 18.1 Å². The van der Waals surface area contributed by atoms with Crippen molar-refractivity contribution in [1.82, 2.24) is 10.6 Å². The van der Waals surface area contributed by atoms with E-state index in [2.05, 4.69) is 16.0 Å². The van der Waals surface area contributed by atoms with Crippen LogP contribution >= 0.6 is 0 Å². The van der Waals surface area contributed by atoms with Crippen LogP contribution < -0.4 is 21.7 Å². The maximum Gasteiger partial charge on any atom is 0.319 e. The smallest absolute Gasteiger partial charge is 0.319 e. The number of carbonyl (C=O) groups is 2. The Morgan fingerprint density at radius 1 is 0.643 bits per heavy atom. The molecule has 0 fully saturated rings. The number of benzene rings is 3. The summed E-state index contributed by atoms with van der Waals surface area (Å²) in [4.78, 5) is 24.3. The van der Waals surface area contributed by atoms with Crippen molar-refractivity contribution >= 4 is 17.7 Å². The fourth-order valence-electron chi connectivity index (χ4n) is 3.02. The molecule has 28 heavy (non-hydrogen) atoms. The third-order valence-electron chi connectivity index (χ3n) is 4.27. The predicted molar refractivity (Wildman–Crippen MR) is 110 cm³/mol. The third-order valence-corrected chi connectivity index (χ3v) is 4.27. The van der Waals surface area contributed by atoms with Gasteiger partial charge in [0.1, 0.15) is 0 Å². The summed E-state index contributed by atoms with van der Waals surface area (Å²) < 4.78 is 0. The fourth-order valence-corrected chi connectivity index (χ4v) is 3.02. The summed E-state index contributed by atoms with van der Waals surface area (Å²) in [5.41, 5.74) is 7.76. The van der Waals surface area contributed by atoms with E-state index in [1.54, 1.807) is 12.1 Å². The SMILES string of the molecule is NC(=O)NC(c1ccccc1)C(NC(=O)Nc1ccccc1)c1ccccc1. The summed E-state index contributed by atoms with van der Waals surface area (Å²) in [6, 6.07) is 25.9. The molecule has 0 aromatic heterocycles. The molecule has 5 N–H and O–H groups in total. The van der Waals surface area contributed by atoms with Gasteiger partial charge in [0.2, 0.25) is 0 Å². The molecule has 4 amide bonds. The van der Waals surface area contributed by atoms with E-state index in [9.17, 15) is 9.59 Å². The predicted octanol–water partition coefficient (Wildman–Crippen LogP) is 3.96. The Morgan fingerprint density at radius 3 is 1.54 bits per heavy atom. The lowest BCUT2D eigenvalue weighted by molar-refractivity contribution is 0.235. The number of urea groups is 2. The average Bonchev–Trinajstić information content (AvgIpc) is 2.72. The van der Waals surface area contributed by atoms with E-state index in [1.165, 1.54) is 0 Å². The average molecular weight is 374 g/mol. The van der Waals surface area contributed by atoms with Gasteiger partial charge in [-0.3, -0.25) is 0 Å². The van der Waals surface area contributed by atoms with Crippen LogP contribution in [0, 0.1) is 0 Å². The molecular weight excluding hydrogens is 352 g/mol. The van der Waals surface area contributed by atoms with Gasteiger partial charge in [0.05, 0.1) is 12.1 Å². The molecule has 0 spiro atoms. The second-order valence-electron chi connectivity index (χ2n) is 6.25. The highest BCUT2D eigenvalue weighted by Gasteiger charge is 2.27. The number of nitrogens with two attached hydrogens (primary N) is 1. The van der Waals surface area contributed by atoms with Crippen LogP contribution in [0.5, 0.6) is 0 Å². The number of anilines is 1. The molecule has 0 saturated carbocycles. The van der Waals surface area contributed by atoms with Gasteiger partial charge in [0.15, 0.2) is 0 Å². The van der Waals surface area contributed by atoms with Crippen LogP contribution in [0.4, 0.5) is 15.3 Å². The first-order chi connectivity index (χ1) is 13.6. The van der Waals surface area contributed by atoms with Gasteiger partial charge in [-0.1, -0.05) is 78.9 Å². The molecule has 3 aromatic carbocycles. The Bertz CT molecular complexity index is 902. The highest BCUT2D eigenvalue weighted by atomic mass is 16.2. The number of rotatable bonds is 6. The monoisotopic (exact) mass is 374 g/mol. The zero-order valence-corrected chi connectivity index (χ0v) is 15.2. The topological polar surface area (TPSA) is 96.2 Å². The van der Waals surface area contributed by atoms with E-state index >= 15 is 0 Å². The van der Waals surface area contributed by atoms with Crippen molar-refractivity contribution < 1.29 is 9.59 Å². The Kier molecular flexibility index (Phi) is 6.25. The summed E-state index contributed by atoms with van der Waals surface area (Å²) in [6.07, 6.45) is 0. The van der Waals surface area contributed by atoms with Crippen LogP contribution in [-0.4, -0.2) is 12.1 Å². The number of nitrogens with one attached hydrogen (secondary N) is 3. The van der Waals surface area contributed by atoms with Crippen LogP contribution in [0.2, 0.25) is 0 Å². The highest BCUT2D eigenvalue weighted by molar-refractivity contribution is 5.89. The van der Waals surface area contributed by atoms with Gasteiger partial charge in [-0.05, 0) is 23.3 Å². The minimum atomic E-state index is -0.667. The molecule has 142 valence electrons. The Hall–Kier alpha value is -3.80. The largest absolute Gasteiger partial charge is 0.352 e. The second-order valence-corrected chi connectivity index (χ2v) is 6.25. The van der Waals surface area contributed by atoms with Crippen LogP contribution in [0.25, 0.3) is 0 Å². The zero-order valence-electron chi connectivity index (χ0n) is 15.2. The van der Waals surface area contributed by atoms with Crippen molar-refractivity contribution in [1.29, 1.82) is 0 Å². The van der Waals surface area contributed by atoms with E-state index in [0.29, 0.717) is 5.69 Å². The van der Waals surface area contributed by atoms with Gasteiger partial charge in [0, 0.05) is 5.69 Å². The second kappa shape index (κ2) is 9.23. The number of primary amides is 1. The summed E-state index contributed by atoms with van der Waals surface area (Å²) in [5.74, 6) is 0. The summed E-state index contributed by atoms with van der Waals surface area (Å²) in [5, 5.41) is 8.53. The molecule has 6 heteroatoms. The fraction of sp³-hybridized carbons (Fsp3) is 0.0909. The van der Waals surface area contributed by atoms with E-state index in [-0.39, 0.29) is 6.03 Å². The molecule has 0 aliphatic rings. The number of hydrogen-bond donors (Lipinski definition) is 4. The van der Waals surface area contributed by atoms with E-state index in [4.69, 9.17) is 5.73 Å². The summed E-state index contributed by atoms with van der Waals surface area (Å²) in [7, 11) is 0. The molecule has 3 rings (SSSR count). The van der Waals surface area contributed by atoms with Gasteiger partial charge in [-0.25, -0.2) is 9.59 Å². The van der Waals surface area contributed by atoms with Crippen LogP contribution in [-0.2, 0) is 0 Å². The lowest BCUT2D eigenvalue weighted by atomic mass is 9.93. The van der Waals surface area contributed by atoms with Gasteiger partial charge in [-0.15, -0.1) is 0 Å². The number of amides is 4. The number of carbonyl (C=O) groups excluding carboxylic acids is 2. The highest BCUT2D eigenvalue weighted by Crippen LogP contribution is 2.29. The third kappa shape index (κ3) is 5.11. The molecule has 2 atom stereocenters. The normalized spacial score (nSPS) is 12.4. The molecule has 2 unspecified atom stereocenters. The van der Waals surface area contributed by atoms with Crippen molar-refractivity contribution in [3.05, 3.63) is 102 Å². The van der Waals surface area contributed by atoms with Crippen LogP contribution in [0.3, 0.4) is 0 Å². The quantitative estimate of drug-likeness (QED) is 0.525. The maximum atomic E-state index is 12.7. The molecule has 0 saturated heterocycles. The standard InChI is InChI=1S/C22H22N4O2/c23-21(27)25-19(16-10-4-1-5-11-16)20(17-12-6-2-7-13-17)26-22(28)24-18-14-8-3-9-15-18/h1-15,19-20H,(H3,23,25,27)(H2,24,26,28). The first kappa shape index (κ1) is 19.0. The van der Waals surface area contributed by atoms with Crippen LogP contribution in [0.1, 0.15) is 23.2 Å².